The zero-order chi connectivity index (χ0) is 41.0. The summed E-state index contributed by atoms with van der Waals surface area (Å²) in [5.41, 5.74) is 14.0. The summed E-state index contributed by atoms with van der Waals surface area (Å²) < 4.78 is 2.42. The Balaban J connectivity index is 0.985. The molecule has 0 aliphatic carbocycles. The van der Waals surface area contributed by atoms with E-state index in [2.05, 4.69) is 252 Å². The second kappa shape index (κ2) is 14.8. The van der Waals surface area contributed by atoms with E-state index in [-0.39, 0.29) is 0 Å². The van der Waals surface area contributed by atoms with Crippen molar-refractivity contribution in [3.63, 3.8) is 0 Å². The van der Waals surface area contributed by atoms with E-state index in [0.29, 0.717) is 0 Å². The fourth-order valence-corrected chi connectivity index (χ4v) is 9.61. The predicted octanol–water partition coefficient (Wildman–Crippen LogP) is 16.7. The lowest BCUT2D eigenvalue weighted by molar-refractivity contribution is 1.18. The van der Waals surface area contributed by atoms with Gasteiger partial charge in [0.15, 0.2) is 0 Å². The molecule has 0 fully saturated rings. The van der Waals surface area contributed by atoms with Gasteiger partial charge < -0.3 is 9.47 Å². The number of benzene rings is 11. The van der Waals surface area contributed by atoms with Crippen LogP contribution in [0.15, 0.2) is 243 Å². The predicted molar refractivity (Wildman–Crippen MR) is 264 cm³/mol. The fourth-order valence-electron chi connectivity index (χ4n) is 9.61. The van der Waals surface area contributed by atoms with Crippen LogP contribution in [0.2, 0.25) is 0 Å². The topological polar surface area (TPSA) is 8.17 Å². The van der Waals surface area contributed by atoms with Gasteiger partial charge in [0.25, 0.3) is 0 Å². The highest BCUT2D eigenvalue weighted by Crippen LogP contribution is 2.44. The first kappa shape index (κ1) is 35.7. The van der Waals surface area contributed by atoms with Crippen molar-refractivity contribution in [2.45, 2.75) is 0 Å². The molecule has 2 heteroatoms. The minimum atomic E-state index is 1.09. The van der Waals surface area contributed by atoms with Crippen molar-refractivity contribution >= 4 is 71.2 Å². The summed E-state index contributed by atoms with van der Waals surface area (Å²) in [4.78, 5) is 2.42. The lowest BCUT2D eigenvalue weighted by atomic mass is 9.94. The number of hydrogen-bond acceptors (Lipinski definition) is 1. The first-order chi connectivity index (χ1) is 30.7. The van der Waals surface area contributed by atoms with Gasteiger partial charge in [-0.05, 0) is 121 Å². The van der Waals surface area contributed by atoms with Crippen LogP contribution in [0, 0.1) is 0 Å². The molecule has 1 aromatic heterocycles. The van der Waals surface area contributed by atoms with Gasteiger partial charge in [0.2, 0.25) is 0 Å². The highest BCUT2D eigenvalue weighted by molar-refractivity contribution is 6.21. The van der Waals surface area contributed by atoms with Crippen LogP contribution in [0.3, 0.4) is 0 Å². The van der Waals surface area contributed by atoms with E-state index < -0.39 is 0 Å². The van der Waals surface area contributed by atoms with Gasteiger partial charge in [-0.2, -0.15) is 0 Å². The maximum Gasteiger partial charge on any atom is 0.0547 e. The Morgan fingerprint density at radius 3 is 1.74 bits per heavy atom. The highest BCUT2D eigenvalue weighted by Gasteiger charge is 2.19. The van der Waals surface area contributed by atoms with Crippen LogP contribution in [-0.4, -0.2) is 4.57 Å². The largest absolute Gasteiger partial charge is 0.310 e. The molecule has 2 nitrogen and oxygen atoms in total. The molecule has 12 aromatic rings. The second-order valence-electron chi connectivity index (χ2n) is 16.1. The molecule has 0 atom stereocenters. The van der Waals surface area contributed by atoms with Crippen LogP contribution in [0.4, 0.5) is 17.1 Å². The third-order valence-electron chi connectivity index (χ3n) is 12.5. The van der Waals surface area contributed by atoms with Gasteiger partial charge in [-0.1, -0.05) is 182 Å². The van der Waals surface area contributed by atoms with Crippen molar-refractivity contribution in [3.05, 3.63) is 243 Å². The number of rotatable bonds is 7. The molecule has 12 rings (SSSR count). The third-order valence-corrected chi connectivity index (χ3v) is 12.5. The van der Waals surface area contributed by atoms with Crippen molar-refractivity contribution in [2.24, 2.45) is 0 Å². The van der Waals surface area contributed by atoms with Gasteiger partial charge in [-0.15, -0.1) is 0 Å². The lowest BCUT2D eigenvalue weighted by Gasteiger charge is -2.28. The smallest absolute Gasteiger partial charge is 0.0547 e. The van der Waals surface area contributed by atoms with Crippen LogP contribution in [0.25, 0.3) is 93.2 Å². The molecule has 0 unspecified atom stereocenters. The molecule has 0 bridgehead atoms. The number of nitrogens with zero attached hydrogens (tertiary/aromatic N) is 2. The Morgan fingerprint density at radius 1 is 0.290 bits per heavy atom. The summed E-state index contributed by atoms with van der Waals surface area (Å²) in [6, 6.07) is 88.5. The van der Waals surface area contributed by atoms with Crippen LogP contribution < -0.4 is 4.90 Å². The monoisotopic (exact) mass is 788 g/mol. The average molecular weight is 789 g/mol. The lowest BCUT2D eigenvalue weighted by Crippen LogP contribution is -2.10. The SMILES string of the molecule is c1ccc(-c2cccc(N(c3ccc(-c4cccc(-n5c6ccccc6c6c7ccccc7ccc65)c4)cc3)c3ccc(-c4ccc5ccccc5c4)c4ccccc34)c2)cc1. The Hall–Kier alpha value is -8.20. The maximum absolute atomic E-state index is 2.42. The molecule has 0 amide bonds. The van der Waals surface area contributed by atoms with Crippen LogP contribution in [-0.2, 0) is 0 Å². The first-order valence-corrected chi connectivity index (χ1v) is 21.3. The van der Waals surface area contributed by atoms with E-state index in [9.17, 15) is 0 Å². The van der Waals surface area contributed by atoms with E-state index in [1.54, 1.807) is 0 Å². The summed E-state index contributed by atoms with van der Waals surface area (Å²) >= 11 is 0. The molecule has 0 aliphatic heterocycles. The second-order valence-corrected chi connectivity index (χ2v) is 16.1. The third kappa shape index (κ3) is 6.04. The van der Waals surface area contributed by atoms with Crippen molar-refractivity contribution in [1.29, 1.82) is 0 Å². The van der Waals surface area contributed by atoms with E-state index in [4.69, 9.17) is 0 Å². The van der Waals surface area contributed by atoms with Gasteiger partial charge >= 0.3 is 0 Å². The summed E-state index contributed by atoms with van der Waals surface area (Å²) in [6.45, 7) is 0. The van der Waals surface area contributed by atoms with Crippen molar-refractivity contribution < 1.29 is 0 Å². The number of fused-ring (bicyclic) bond motifs is 7. The quantitative estimate of drug-likeness (QED) is 0.156. The maximum atomic E-state index is 2.42. The Kier molecular flexibility index (Phi) is 8.53. The Bertz CT molecular complexity index is 3640. The molecule has 0 radical (unpaired) electrons. The molecule has 11 aromatic carbocycles. The van der Waals surface area contributed by atoms with Crippen molar-refractivity contribution in [2.75, 3.05) is 4.90 Å². The molecule has 0 aliphatic rings. The molecule has 0 spiro atoms. The molecule has 0 saturated carbocycles. The fraction of sp³-hybridized carbons (Fsp3) is 0. The van der Waals surface area contributed by atoms with Crippen LogP contribution >= 0.6 is 0 Å². The Morgan fingerprint density at radius 2 is 0.903 bits per heavy atom. The standard InChI is InChI=1S/C60H40N2/c1-2-14-41(15-3-1)46-19-12-21-50(39-46)61(58-37-35-52(54-24-8-9-25-55(54)58)48-29-28-42-16-4-5-18-45(42)38-48)49-33-30-43(31-34-49)47-20-13-22-51(40-47)62-57-27-11-10-26-56(57)60-53-23-7-6-17-44(53)32-36-59(60)62/h1-40H. The summed E-state index contributed by atoms with van der Waals surface area (Å²) in [6.07, 6.45) is 0. The van der Waals surface area contributed by atoms with Crippen LogP contribution in [0.5, 0.6) is 0 Å². The van der Waals surface area contributed by atoms with Crippen LogP contribution in [0.1, 0.15) is 0 Å². The van der Waals surface area contributed by atoms with E-state index in [0.717, 1.165) is 28.3 Å². The molecule has 62 heavy (non-hydrogen) atoms. The zero-order valence-corrected chi connectivity index (χ0v) is 34.0. The molecular weight excluding hydrogens is 749 g/mol. The van der Waals surface area contributed by atoms with Gasteiger partial charge in [0.1, 0.15) is 0 Å². The van der Waals surface area contributed by atoms with Gasteiger partial charge in [-0.25, -0.2) is 0 Å². The molecule has 0 N–H and O–H groups in total. The van der Waals surface area contributed by atoms with E-state index in [1.807, 2.05) is 0 Å². The normalized spacial score (nSPS) is 11.5. The number of para-hydroxylation sites is 1. The zero-order valence-electron chi connectivity index (χ0n) is 34.0. The number of aromatic nitrogens is 1. The average Bonchev–Trinajstić information content (AvgIpc) is 3.70. The van der Waals surface area contributed by atoms with Crippen molar-refractivity contribution in [1.82, 2.24) is 4.57 Å². The Labute approximate surface area is 360 Å². The summed E-state index contributed by atoms with van der Waals surface area (Å²) in [5, 5.41) is 10.00. The van der Waals surface area contributed by atoms with Gasteiger partial charge in [-0.3, -0.25) is 0 Å². The minimum absolute atomic E-state index is 1.09. The van der Waals surface area contributed by atoms with Crippen molar-refractivity contribution in [3.8, 4) is 39.1 Å². The molecular formula is C60H40N2. The summed E-state index contributed by atoms with van der Waals surface area (Å²) in [7, 11) is 0. The van der Waals surface area contributed by atoms with Gasteiger partial charge in [0, 0.05) is 33.2 Å². The highest BCUT2D eigenvalue weighted by atomic mass is 15.1. The molecule has 0 saturated heterocycles. The first-order valence-electron chi connectivity index (χ1n) is 21.3. The van der Waals surface area contributed by atoms with E-state index >= 15 is 0 Å². The van der Waals surface area contributed by atoms with E-state index in [1.165, 1.54) is 81.9 Å². The number of anilines is 3. The van der Waals surface area contributed by atoms with Gasteiger partial charge in [0.05, 0.1) is 16.7 Å². The summed E-state index contributed by atoms with van der Waals surface area (Å²) in [5.74, 6) is 0. The molecule has 290 valence electrons. The minimum Gasteiger partial charge on any atom is -0.310 e. The number of hydrogen-bond donors (Lipinski definition) is 0. The molecule has 1 heterocycles.